The molecule has 0 saturated carbocycles. The van der Waals surface area contributed by atoms with Gasteiger partial charge in [-0.1, -0.05) is 0 Å². The first-order chi connectivity index (χ1) is 7.40. The van der Waals surface area contributed by atoms with E-state index in [0.717, 1.165) is 11.8 Å². The van der Waals surface area contributed by atoms with Crippen LogP contribution in [0.1, 0.15) is 11.1 Å². The van der Waals surface area contributed by atoms with Crippen LogP contribution in [0.2, 0.25) is 0 Å². The third kappa shape index (κ3) is 2.72. The number of benzene rings is 1. The summed E-state index contributed by atoms with van der Waals surface area (Å²) in [5.41, 5.74) is 1.25. The van der Waals surface area contributed by atoms with Gasteiger partial charge in [0.25, 0.3) is 0 Å². The van der Waals surface area contributed by atoms with Gasteiger partial charge in [0.2, 0.25) is 0 Å². The minimum atomic E-state index is -3.29. The average Bonchev–Trinajstić information content (AvgIpc) is 2.19. The summed E-state index contributed by atoms with van der Waals surface area (Å²) in [6, 6.07) is 3.18. The molecule has 1 aromatic rings. The highest BCUT2D eigenvalue weighted by atomic mass is 32.2. The topological polar surface area (TPSA) is 78.6 Å². The Kier molecular flexibility index (Phi) is 3.90. The van der Waals surface area contributed by atoms with Crippen LogP contribution in [0.3, 0.4) is 0 Å². The SMILES string of the molecule is COc1cc(CON)c(S(C)(=O)=O)cc1C. The molecule has 0 aliphatic carbocycles. The molecule has 1 rings (SSSR count). The van der Waals surface area contributed by atoms with Crippen LogP contribution in [0.25, 0.3) is 0 Å². The molecule has 0 aliphatic rings. The molecule has 0 aliphatic heterocycles. The van der Waals surface area contributed by atoms with Crippen molar-refractivity contribution in [3.05, 3.63) is 23.3 Å². The van der Waals surface area contributed by atoms with Gasteiger partial charge < -0.3 is 4.74 Å². The summed E-state index contributed by atoms with van der Waals surface area (Å²) in [4.78, 5) is 4.70. The Morgan fingerprint density at radius 1 is 1.38 bits per heavy atom. The van der Waals surface area contributed by atoms with Crippen LogP contribution in [-0.2, 0) is 21.3 Å². The third-order valence-corrected chi connectivity index (χ3v) is 3.40. The highest BCUT2D eigenvalue weighted by Crippen LogP contribution is 2.26. The van der Waals surface area contributed by atoms with E-state index in [0.29, 0.717) is 11.3 Å². The van der Waals surface area contributed by atoms with E-state index in [2.05, 4.69) is 4.84 Å². The van der Waals surface area contributed by atoms with Crippen LogP contribution in [0.5, 0.6) is 5.75 Å². The number of ether oxygens (including phenoxy) is 1. The van der Waals surface area contributed by atoms with Crippen molar-refractivity contribution in [3.8, 4) is 5.75 Å². The first-order valence-electron chi connectivity index (χ1n) is 4.59. The van der Waals surface area contributed by atoms with Gasteiger partial charge in [-0.3, -0.25) is 4.84 Å². The zero-order valence-corrected chi connectivity index (χ0v) is 10.3. The average molecular weight is 245 g/mol. The molecule has 0 amide bonds. The summed E-state index contributed by atoms with van der Waals surface area (Å²) in [5, 5.41) is 0. The minimum Gasteiger partial charge on any atom is -0.496 e. The molecular weight excluding hydrogens is 230 g/mol. The van der Waals surface area contributed by atoms with E-state index in [1.165, 1.54) is 7.11 Å². The number of aryl methyl sites for hydroxylation is 1. The zero-order valence-electron chi connectivity index (χ0n) is 9.48. The Morgan fingerprint density at radius 2 is 2.00 bits per heavy atom. The molecule has 90 valence electrons. The summed E-state index contributed by atoms with van der Waals surface area (Å²) in [5.74, 6) is 5.58. The second-order valence-electron chi connectivity index (χ2n) is 3.51. The first-order valence-corrected chi connectivity index (χ1v) is 6.48. The molecule has 0 unspecified atom stereocenters. The lowest BCUT2D eigenvalue weighted by molar-refractivity contribution is 0.122. The van der Waals surface area contributed by atoms with E-state index < -0.39 is 9.84 Å². The predicted octanol–water partition coefficient (Wildman–Crippen LogP) is 0.797. The predicted molar refractivity (Wildman–Crippen MR) is 59.8 cm³/mol. The molecule has 0 bridgehead atoms. The molecule has 2 N–H and O–H groups in total. The van der Waals surface area contributed by atoms with Gasteiger partial charge in [0, 0.05) is 11.8 Å². The van der Waals surface area contributed by atoms with Gasteiger partial charge in [-0.15, -0.1) is 0 Å². The van der Waals surface area contributed by atoms with Crippen LogP contribution < -0.4 is 10.6 Å². The molecule has 0 radical (unpaired) electrons. The summed E-state index contributed by atoms with van der Waals surface area (Å²) in [6.07, 6.45) is 1.15. The van der Waals surface area contributed by atoms with Gasteiger partial charge >= 0.3 is 0 Å². The Morgan fingerprint density at radius 3 is 2.44 bits per heavy atom. The van der Waals surface area contributed by atoms with E-state index in [1.807, 2.05) is 0 Å². The summed E-state index contributed by atoms with van der Waals surface area (Å²) in [6.45, 7) is 1.81. The van der Waals surface area contributed by atoms with Gasteiger partial charge in [-0.05, 0) is 24.6 Å². The maximum Gasteiger partial charge on any atom is 0.175 e. The molecule has 0 fully saturated rings. The number of hydrogen-bond donors (Lipinski definition) is 1. The highest BCUT2D eigenvalue weighted by Gasteiger charge is 2.16. The maximum atomic E-state index is 11.5. The lowest BCUT2D eigenvalue weighted by Crippen LogP contribution is -2.07. The number of nitrogens with two attached hydrogens (primary N) is 1. The molecular formula is C10H15NO4S. The lowest BCUT2D eigenvalue weighted by Gasteiger charge is -2.11. The molecule has 0 saturated heterocycles. The molecule has 0 heterocycles. The standard InChI is InChI=1S/C10H15NO4S/c1-7-4-10(16(3,12)13)8(6-15-11)5-9(7)14-2/h4-5H,6,11H2,1-3H3. The van der Waals surface area contributed by atoms with Gasteiger partial charge in [-0.25, -0.2) is 14.3 Å². The molecule has 16 heavy (non-hydrogen) atoms. The third-order valence-electron chi connectivity index (χ3n) is 2.22. The maximum absolute atomic E-state index is 11.5. The van der Waals surface area contributed by atoms with E-state index in [9.17, 15) is 8.42 Å². The number of methoxy groups -OCH3 is 1. The molecule has 5 nitrogen and oxygen atoms in total. The van der Waals surface area contributed by atoms with Crippen molar-refractivity contribution in [2.24, 2.45) is 5.90 Å². The van der Waals surface area contributed by atoms with Crippen LogP contribution in [-0.4, -0.2) is 21.8 Å². The van der Waals surface area contributed by atoms with Gasteiger partial charge in [-0.2, -0.15) is 0 Å². The molecule has 6 heteroatoms. The van der Waals surface area contributed by atoms with E-state index in [-0.39, 0.29) is 11.5 Å². The fourth-order valence-corrected chi connectivity index (χ4v) is 2.46. The van der Waals surface area contributed by atoms with E-state index in [1.54, 1.807) is 19.1 Å². The van der Waals surface area contributed by atoms with Crippen molar-refractivity contribution in [3.63, 3.8) is 0 Å². The van der Waals surface area contributed by atoms with Crippen molar-refractivity contribution >= 4 is 9.84 Å². The molecule has 0 aromatic heterocycles. The quantitative estimate of drug-likeness (QED) is 0.794. The van der Waals surface area contributed by atoms with Crippen molar-refractivity contribution in [1.29, 1.82) is 0 Å². The summed E-state index contributed by atoms with van der Waals surface area (Å²) < 4.78 is 28.2. The Bertz CT molecular complexity index is 482. The Hall–Kier alpha value is -1.11. The van der Waals surface area contributed by atoms with Crippen LogP contribution in [0.15, 0.2) is 17.0 Å². The number of sulfone groups is 1. The zero-order chi connectivity index (χ0) is 12.3. The molecule has 1 aromatic carbocycles. The van der Waals surface area contributed by atoms with Crippen molar-refractivity contribution in [2.75, 3.05) is 13.4 Å². The largest absolute Gasteiger partial charge is 0.496 e. The van der Waals surface area contributed by atoms with Gasteiger partial charge in [0.1, 0.15) is 5.75 Å². The van der Waals surface area contributed by atoms with Crippen molar-refractivity contribution in [2.45, 2.75) is 18.4 Å². The smallest absolute Gasteiger partial charge is 0.175 e. The second kappa shape index (κ2) is 4.82. The molecule has 0 atom stereocenters. The van der Waals surface area contributed by atoms with Crippen LogP contribution >= 0.6 is 0 Å². The van der Waals surface area contributed by atoms with Gasteiger partial charge in [0.05, 0.1) is 18.6 Å². The normalized spacial score (nSPS) is 11.5. The summed E-state index contributed by atoms with van der Waals surface area (Å²) >= 11 is 0. The van der Waals surface area contributed by atoms with Crippen LogP contribution in [0, 0.1) is 6.92 Å². The first kappa shape index (κ1) is 13.0. The summed E-state index contributed by atoms with van der Waals surface area (Å²) in [7, 11) is -1.77. The Balaban J connectivity index is 3.42. The number of hydrogen-bond acceptors (Lipinski definition) is 5. The van der Waals surface area contributed by atoms with Crippen LogP contribution in [0.4, 0.5) is 0 Å². The van der Waals surface area contributed by atoms with Crippen molar-refractivity contribution < 1.29 is 18.0 Å². The highest BCUT2D eigenvalue weighted by molar-refractivity contribution is 7.90. The molecule has 0 spiro atoms. The van der Waals surface area contributed by atoms with E-state index in [4.69, 9.17) is 10.6 Å². The monoisotopic (exact) mass is 245 g/mol. The van der Waals surface area contributed by atoms with E-state index >= 15 is 0 Å². The fraction of sp³-hybridized carbons (Fsp3) is 0.400. The Labute approximate surface area is 95.0 Å². The van der Waals surface area contributed by atoms with Gasteiger partial charge in [0.15, 0.2) is 9.84 Å². The fourth-order valence-electron chi connectivity index (χ4n) is 1.47. The lowest BCUT2D eigenvalue weighted by atomic mass is 10.1. The second-order valence-corrected chi connectivity index (χ2v) is 5.50. The van der Waals surface area contributed by atoms with Crippen molar-refractivity contribution in [1.82, 2.24) is 0 Å². The minimum absolute atomic E-state index is 0.0268. The number of rotatable bonds is 4.